The van der Waals surface area contributed by atoms with E-state index in [9.17, 15) is 23.3 Å². The average Bonchev–Trinajstić information content (AvgIpc) is 3.08. The summed E-state index contributed by atoms with van der Waals surface area (Å²) in [7, 11) is -4.03. The van der Waals surface area contributed by atoms with Crippen LogP contribution in [0, 0.1) is 10.1 Å². The first-order valence-electron chi connectivity index (χ1n) is 9.16. The minimum atomic E-state index is -4.03. The highest BCUT2D eigenvalue weighted by Crippen LogP contribution is 2.29. The monoisotopic (exact) mass is 436 g/mol. The van der Waals surface area contributed by atoms with Crippen LogP contribution >= 0.6 is 0 Å². The lowest BCUT2D eigenvalue weighted by Gasteiger charge is -2.09. The number of carbonyl (C=O) groups excluding carboxylic acids is 1. The molecule has 0 heterocycles. The first kappa shape index (κ1) is 20.2. The fourth-order valence-corrected chi connectivity index (χ4v) is 4.27. The van der Waals surface area contributed by atoms with Crippen LogP contribution in [0.5, 0.6) is 0 Å². The molecule has 0 atom stereocenters. The number of carbonyl (C=O) groups is 1. The summed E-state index contributed by atoms with van der Waals surface area (Å²) in [4.78, 5) is 22.7. The largest absolute Gasteiger partial charge is 0.295 e. The van der Waals surface area contributed by atoms with Gasteiger partial charge in [0.05, 0.1) is 22.0 Å². The molecule has 10 heteroatoms. The van der Waals surface area contributed by atoms with E-state index in [4.69, 9.17) is 0 Å². The van der Waals surface area contributed by atoms with Gasteiger partial charge in [-0.2, -0.15) is 5.10 Å². The lowest BCUT2D eigenvalue weighted by Crippen LogP contribution is -2.13. The number of sulfonamides is 1. The Bertz CT molecular complexity index is 1320. The summed E-state index contributed by atoms with van der Waals surface area (Å²) >= 11 is 0. The highest BCUT2D eigenvalue weighted by atomic mass is 32.2. The SMILES string of the molecule is O=C1C/C(=N\Nc2ccc(S(=O)(=O)Nc3ccccc3)cc2[N+](=O)[O-])c2ccccc21. The Morgan fingerprint density at radius 2 is 1.61 bits per heavy atom. The van der Waals surface area contributed by atoms with E-state index in [1.165, 1.54) is 12.1 Å². The summed E-state index contributed by atoms with van der Waals surface area (Å²) in [6.45, 7) is 0. The van der Waals surface area contributed by atoms with Crippen molar-refractivity contribution in [3.8, 4) is 0 Å². The van der Waals surface area contributed by atoms with Gasteiger partial charge >= 0.3 is 0 Å². The Morgan fingerprint density at radius 3 is 2.32 bits per heavy atom. The Balaban J connectivity index is 1.63. The van der Waals surface area contributed by atoms with Crippen LogP contribution in [0.25, 0.3) is 0 Å². The van der Waals surface area contributed by atoms with Gasteiger partial charge in [0.15, 0.2) is 5.78 Å². The normalized spacial score (nSPS) is 14.3. The van der Waals surface area contributed by atoms with E-state index in [-0.39, 0.29) is 22.8 Å². The lowest BCUT2D eigenvalue weighted by atomic mass is 10.1. The van der Waals surface area contributed by atoms with Crippen molar-refractivity contribution in [3.63, 3.8) is 0 Å². The molecule has 2 N–H and O–H groups in total. The third kappa shape index (κ3) is 4.14. The Morgan fingerprint density at radius 1 is 0.935 bits per heavy atom. The van der Waals surface area contributed by atoms with Gasteiger partial charge in [0.2, 0.25) is 0 Å². The van der Waals surface area contributed by atoms with Gasteiger partial charge < -0.3 is 0 Å². The number of nitro groups is 1. The molecule has 156 valence electrons. The maximum Gasteiger partial charge on any atom is 0.295 e. The maximum atomic E-state index is 12.6. The topological polar surface area (TPSA) is 131 Å². The number of Topliss-reactive ketones (excluding diaryl/α,β-unsaturated/α-hetero) is 1. The number of rotatable bonds is 6. The van der Waals surface area contributed by atoms with Crippen LogP contribution in [0.4, 0.5) is 17.1 Å². The van der Waals surface area contributed by atoms with Crippen molar-refractivity contribution in [2.45, 2.75) is 11.3 Å². The van der Waals surface area contributed by atoms with E-state index in [2.05, 4.69) is 15.2 Å². The summed E-state index contributed by atoms with van der Waals surface area (Å²) in [5, 5.41) is 15.7. The molecule has 1 aliphatic carbocycles. The van der Waals surface area contributed by atoms with Crippen molar-refractivity contribution >= 4 is 38.6 Å². The van der Waals surface area contributed by atoms with Gasteiger partial charge in [-0.1, -0.05) is 42.5 Å². The highest BCUT2D eigenvalue weighted by molar-refractivity contribution is 7.92. The predicted octanol–water partition coefficient (Wildman–Crippen LogP) is 3.80. The van der Waals surface area contributed by atoms with E-state index >= 15 is 0 Å². The molecule has 0 radical (unpaired) electrons. The molecule has 4 rings (SSSR count). The molecule has 31 heavy (non-hydrogen) atoms. The van der Waals surface area contributed by atoms with E-state index in [0.717, 1.165) is 6.07 Å². The minimum Gasteiger partial charge on any atom is -0.294 e. The molecule has 0 aliphatic heterocycles. The molecule has 0 unspecified atom stereocenters. The van der Waals surface area contributed by atoms with E-state index < -0.39 is 20.6 Å². The number of anilines is 2. The fraction of sp³-hybridized carbons (Fsp3) is 0.0476. The van der Waals surface area contributed by atoms with Gasteiger partial charge in [0, 0.05) is 22.9 Å². The Kier molecular flexibility index (Phi) is 5.22. The van der Waals surface area contributed by atoms with Crippen molar-refractivity contribution in [3.05, 3.63) is 94.0 Å². The summed E-state index contributed by atoms with van der Waals surface area (Å²) in [5.41, 5.74) is 4.15. The zero-order valence-corrected chi connectivity index (χ0v) is 16.8. The molecule has 1 aliphatic rings. The van der Waals surface area contributed by atoms with Crippen molar-refractivity contribution in [2.75, 3.05) is 10.1 Å². The second-order valence-corrected chi connectivity index (χ2v) is 8.41. The van der Waals surface area contributed by atoms with Crippen LogP contribution in [0.1, 0.15) is 22.3 Å². The molecule has 0 bridgehead atoms. The molecule has 0 fully saturated rings. The highest BCUT2D eigenvalue weighted by Gasteiger charge is 2.26. The number of nitrogens with one attached hydrogen (secondary N) is 2. The number of hydrazone groups is 1. The van der Waals surface area contributed by atoms with Crippen LogP contribution in [-0.2, 0) is 10.0 Å². The van der Waals surface area contributed by atoms with Gasteiger partial charge in [0.1, 0.15) is 5.69 Å². The van der Waals surface area contributed by atoms with Gasteiger partial charge in [0.25, 0.3) is 15.7 Å². The molecule has 0 amide bonds. The van der Waals surface area contributed by atoms with Gasteiger partial charge in [-0.05, 0) is 24.3 Å². The van der Waals surface area contributed by atoms with Gasteiger partial charge in [-0.15, -0.1) is 0 Å². The number of para-hydroxylation sites is 1. The molecule has 3 aromatic carbocycles. The second-order valence-electron chi connectivity index (χ2n) is 6.72. The molecule has 0 aromatic heterocycles. The molecule has 0 saturated carbocycles. The number of hydrogen-bond donors (Lipinski definition) is 2. The molecule has 9 nitrogen and oxygen atoms in total. The van der Waals surface area contributed by atoms with E-state index in [1.807, 2.05) is 0 Å². The standard InChI is InChI=1S/C21H16N4O5S/c26-21-13-19(16-8-4-5-9-17(16)21)23-22-18-11-10-15(12-20(18)25(27)28)31(29,30)24-14-6-2-1-3-7-14/h1-12,22,24H,13H2/b23-19+. The minimum absolute atomic E-state index is 0.00740. The summed E-state index contributed by atoms with van der Waals surface area (Å²) in [5.74, 6) is -0.0842. The van der Waals surface area contributed by atoms with Crippen LogP contribution in [0.15, 0.2) is 82.8 Å². The third-order valence-electron chi connectivity index (χ3n) is 4.68. The fourth-order valence-electron chi connectivity index (χ4n) is 3.19. The Labute approximate surface area is 177 Å². The quantitative estimate of drug-likeness (QED) is 0.446. The summed E-state index contributed by atoms with van der Waals surface area (Å²) in [6.07, 6.45) is 0.0770. The van der Waals surface area contributed by atoms with Crippen molar-refractivity contribution in [1.82, 2.24) is 0 Å². The maximum absolute atomic E-state index is 12.6. The zero-order valence-electron chi connectivity index (χ0n) is 16.0. The first-order valence-corrected chi connectivity index (χ1v) is 10.6. The summed E-state index contributed by atoms with van der Waals surface area (Å²) < 4.78 is 27.6. The van der Waals surface area contributed by atoms with Gasteiger partial charge in [-0.25, -0.2) is 8.42 Å². The van der Waals surface area contributed by atoms with Crippen molar-refractivity contribution in [2.24, 2.45) is 5.10 Å². The van der Waals surface area contributed by atoms with Crippen LogP contribution < -0.4 is 10.1 Å². The molecule has 0 saturated heterocycles. The lowest BCUT2D eigenvalue weighted by molar-refractivity contribution is -0.384. The average molecular weight is 436 g/mol. The Hall–Kier alpha value is -4.05. The van der Waals surface area contributed by atoms with E-state index in [1.54, 1.807) is 54.6 Å². The van der Waals surface area contributed by atoms with Crippen LogP contribution in [-0.4, -0.2) is 24.8 Å². The molecular weight excluding hydrogens is 420 g/mol. The van der Waals surface area contributed by atoms with Crippen LogP contribution in [0.2, 0.25) is 0 Å². The first-order chi connectivity index (χ1) is 14.8. The number of fused-ring (bicyclic) bond motifs is 1. The van der Waals surface area contributed by atoms with E-state index in [0.29, 0.717) is 22.5 Å². The number of ketones is 1. The van der Waals surface area contributed by atoms with Crippen molar-refractivity contribution in [1.29, 1.82) is 0 Å². The number of benzene rings is 3. The second kappa shape index (κ2) is 8.00. The third-order valence-corrected chi connectivity index (χ3v) is 6.06. The van der Waals surface area contributed by atoms with Gasteiger partial charge in [-0.3, -0.25) is 25.1 Å². The predicted molar refractivity (Wildman–Crippen MR) is 116 cm³/mol. The number of nitro benzene ring substituents is 1. The number of hydrogen-bond acceptors (Lipinski definition) is 7. The van der Waals surface area contributed by atoms with Crippen LogP contribution in [0.3, 0.4) is 0 Å². The molecule has 3 aromatic rings. The molecule has 0 spiro atoms. The zero-order chi connectivity index (χ0) is 22.0. The summed E-state index contributed by atoms with van der Waals surface area (Å²) in [6, 6.07) is 18.6. The molecular formula is C21H16N4O5S. The van der Waals surface area contributed by atoms with Crippen molar-refractivity contribution < 1.29 is 18.1 Å². The number of nitrogens with zero attached hydrogens (tertiary/aromatic N) is 2. The smallest absolute Gasteiger partial charge is 0.294 e.